The van der Waals surface area contributed by atoms with E-state index in [9.17, 15) is 4.79 Å². The molecule has 1 aromatic carbocycles. The average Bonchev–Trinajstić information content (AvgIpc) is 2.27. The van der Waals surface area contributed by atoms with Crippen LogP contribution in [0.1, 0.15) is 11.6 Å². The first-order valence-electron chi connectivity index (χ1n) is 4.23. The van der Waals surface area contributed by atoms with E-state index >= 15 is 0 Å². The molecule has 0 heterocycles. The van der Waals surface area contributed by atoms with Gasteiger partial charge in [0, 0.05) is 0 Å². The minimum atomic E-state index is -0.623. The van der Waals surface area contributed by atoms with Crippen molar-refractivity contribution in [2.75, 3.05) is 7.11 Å². The third-order valence-electron chi connectivity index (χ3n) is 1.97. The highest BCUT2D eigenvalue weighted by molar-refractivity contribution is 7.81. The van der Waals surface area contributed by atoms with Gasteiger partial charge in [-0.2, -0.15) is 12.6 Å². The lowest BCUT2D eigenvalue weighted by Crippen LogP contribution is -2.30. The number of thiol groups is 1. The Morgan fingerprint density at radius 3 is 2.50 bits per heavy atom. The second-order valence-corrected chi connectivity index (χ2v) is 3.46. The van der Waals surface area contributed by atoms with Gasteiger partial charge in [0.15, 0.2) is 0 Å². The summed E-state index contributed by atoms with van der Waals surface area (Å²) in [4.78, 5) is 11.1. The topological polar surface area (TPSA) is 52.3 Å². The van der Waals surface area contributed by atoms with E-state index in [4.69, 9.17) is 5.73 Å². The van der Waals surface area contributed by atoms with Gasteiger partial charge in [0.25, 0.3) is 0 Å². The van der Waals surface area contributed by atoms with Crippen molar-refractivity contribution in [3.05, 3.63) is 35.9 Å². The first-order chi connectivity index (χ1) is 6.66. The van der Waals surface area contributed by atoms with E-state index in [0.29, 0.717) is 0 Å². The van der Waals surface area contributed by atoms with Crippen molar-refractivity contribution in [3.63, 3.8) is 0 Å². The summed E-state index contributed by atoms with van der Waals surface area (Å²) in [6.45, 7) is 0. The molecule has 0 fully saturated rings. The summed E-state index contributed by atoms with van der Waals surface area (Å²) in [6, 6.07) is 8.90. The summed E-state index contributed by atoms with van der Waals surface area (Å²) in [5.74, 6) is -0.412. The largest absolute Gasteiger partial charge is 0.468 e. The van der Waals surface area contributed by atoms with Gasteiger partial charge in [-0.15, -0.1) is 0 Å². The second kappa shape index (κ2) is 5.02. The van der Waals surface area contributed by atoms with Gasteiger partial charge in [0.1, 0.15) is 5.25 Å². The molecule has 0 aliphatic rings. The van der Waals surface area contributed by atoms with E-state index < -0.39 is 17.3 Å². The number of hydrogen-bond acceptors (Lipinski definition) is 4. The summed E-state index contributed by atoms with van der Waals surface area (Å²) < 4.78 is 4.56. The maximum Gasteiger partial charge on any atom is 0.320 e. The number of methoxy groups -OCH3 is 1. The maximum absolute atomic E-state index is 11.1. The molecule has 2 atom stereocenters. The lowest BCUT2D eigenvalue weighted by Gasteiger charge is -2.16. The first-order valence-corrected chi connectivity index (χ1v) is 4.75. The van der Waals surface area contributed by atoms with Crippen LogP contribution in [0.2, 0.25) is 0 Å². The molecule has 0 aliphatic heterocycles. The van der Waals surface area contributed by atoms with Crippen LogP contribution in [0.4, 0.5) is 0 Å². The quantitative estimate of drug-likeness (QED) is 0.582. The molecule has 0 aliphatic carbocycles. The molecule has 0 amide bonds. The van der Waals surface area contributed by atoms with Crippen molar-refractivity contribution in [3.8, 4) is 0 Å². The fraction of sp³-hybridized carbons (Fsp3) is 0.300. The number of esters is 1. The maximum atomic E-state index is 11.1. The minimum Gasteiger partial charge on any atom is -0.468 e. The molecule has 0 aromatic heterocycles. The Morgan fingerprint density at radius 1 is 1.43 bits per heavy atom. The zero-order chi connectivity index (χ0) is 10.6. The molecular formula is C10H13NO2S. The van der Waals surface area contributed by atoms with E-state index in [2.05, 4.69) is 17.4 Å². The number of carbonyl (C=O) groups excluding carboxylic acids is 1. The second-order valence-electron chi connectivity index (χ2n) is 2.90. The molecule has 0 radical (unpaired) electrons. The number of ether oxygens (including phenoxy) is 1. The SMILES string of the molecule is COC(=O)C(S)C(N)c1ccccc1. The van der Waals surface area contributed by atoms with Crippen LogP contribution in [0.5, 0.6) is 0 Å². The molecule has 0 saturated heterocycles. The van der Waals surface area contributed by atoms with Gasteiger partial charge >= 0.3 is 5.97 Å². The first kappa shape index (κ1) is 11.1. The molecule has 14 heavy (non-hydrogen) atoms. The standard InChI is InChI=1S/C10H13NO2S/c1-13-10(12)9(14)8(11)7-5-3-2-4-6-7/h2-6,8-9,14H,11H2,1H3. The van der Waals surface area contributed by atoms with E-state index in [0.717, 1.165) is 5.56 Å². The number of rotatable bonds is 3. The Morgan fingerprint density at radius 2 is 2.00 bits per heavy atom. The number of carbonyl (C=O) groups is 1. The molecule has 0 spiro atoms. The molecule has 2 N–H and O–H groups in total. The molecule has 76 valence electrons. The molecule has 1 rings (SSSR count). The molecular weight excluding hydrogens is 198 g/mol. The molecule has 0 bridgehead atoms. The smallest absolute Gasteiger partial charge is 0.320 e. The molecule has 2 unspecified atom stereocenters. The summed E-state index contributed by atoms with van der Waals surface area (Å²) >= 11 is 4.11. The fourth-order valence-electron chi connectivity index (χ4n) is 1.12. The van der Waals surface area contributed by atoms with Gasteiger partial charge in [0.2, 0.25) is 0 Å². The van der Waals surface area contributed by atoms with Crippen LogP contribution in [-0.2, 0) is 9.53 Å². The average molecular weight is 211 g/mol. The predicted molar refractivity (Wildman–Crippen MR) is 58.2 cm³/mol. The van der Waals surface area contributed by atoms with Crippen LogP contribution in [0.15, 0.2) is 30.3 Å². The summed E-state index contributed by atoms with van der Waals surface area (Å²) in [5, 5.41) is -0.623. The van der Waals surface area contributed by atoms with Crippen LogP contribution in [0.25, 0.3) is 0 Å². The lowest BCUT2D eigenvalue weighted by molar-refractivity contribution is -0.140. The van der Waals surface area contributed by atoms with Crippen molar-refractivity contribution in [2.24, 2.45) is 5.73 Å². The third kappa shape index (κ3) is 2.49. The van der Waals surface area contributed by atoms with Gasteiger partial charge in [-0.3, -0.25) is 4.79 Å². The molecule has 0 saturated carbocycles. The van der Waals surface area contributed by atoms with Crippen molar-refractivity contribution < 1.29 is 9.53 Å². The van der Waals surface area contributed by atoms with Crippen LogP contribution < -0.4 is 5.73 Å². The minimum absolute atomic E-state index is 0.412. The highest BCUT2D eigenvalue weighted by Gasteiger charge is 2.23. The van der Waals surface area contributed by atoms with Crippen molar-refractivity contribution in [2.45, 2.75) is 11.3 Å². The van der Waals surface area contributed by atoms with Gasteiger partial charge in [0.05, 0.1) is 13.2 Å². The highest BCUT2D eigenvalue weighted by Crippen LogP contribution is 2.18. The fourth-order valence-corrected chi connectivity index (χ4v) is 1.40. The van der Waals surface area contributed by atoms with Crippen LogP contribution in [0.3, 0.4) is 0 Å². The van der Waals surface area contributed by atoms with Gasteiger partial charge < -0.3 is 10.5 Å². The van der Waals surface area contributed by atoms with Crippen LogP contribution >= 0.6 is 12.6 Å². The van der Waals surface area contributed by atoms with Crippen LogP contribution in [-0.4, -0.2) is 18.3 Å². The van der Waals surface area contributed by atoms with Crippen molar-refractivity contribution in [1.29, 1.82) is 0 Å². The van der Waals surface area contributed by atoms with E-state index in [1.807, 2.05) is 30.3 Å². The zero-order valence-electron chi connectivity index (χ0n) is 7.88. The molecule has 3 nitrogen and oxygen atoms in total. The van der Waals surface area contributed by atoms with E-state index in [-0.39, 0.29) is 0 Å². The van der Waals surface area contributed by atoms with Crippen molar-refractivity contribution >= 4 is 18.6 Å². The normalized spacial score (nSPS) is 14.5. The molecule has 1 aromatic rings. The zero-order valence-corrected chi connectivity index (χ0v) is 8.78. The summed E-state index contributed by atoms with van der Waals surface area (Å²) in [7, 11) is 1.32. The highest BCUT2D eigenvalue weighted by atomic mass is 32.1. The number of benzene rings is 1. The predicted octanol–water partition coefficient (Wildman–Crippen LogP) is 1.16. The van der Waals surface area contributed by atoms with E-state index in [1.54, 1.807) is 0 Å². The monoisotopic (exact) mass is 211 g/mol. The molecule has 4 heteroatoms. The Labute approximate surface area is 88.7 Å². The van der Waals surface area contributed by atoms with Gasteiger partial charge in [-0.25, -0.2) is 0 Å². The summed E-state index contributed by atoms with van der Waals surface area (Å²) in [5.41, 5.74) is 6.71. The van der Waals surface area contributed by atoms with Gasteiger partial charge in [-0.05, 0) is 5.56 Å². The Hall–Kier alpha value is -1.00. The number of nitrogens with two attached hydrogens (primary N) is 1. The third-order valence-corrected chi connectivity index (χ3v) is 2.50. The Kier molecular flexibility index (Phi) is 3.98. The van der Waals surface area contributed by atoms with Gasteiger partial charge in [-0.1, -0.05) is 30.3 Å². The van der Waals surface area contributed by atoms with Crippen LogP contribution in [0, 0.1) is 0 Å². The van der Waals surface area contributed by atoms with Crippen molar-refractivity contribution in [1.82, 2.24) is 0 Å². The summed E-state index contributed by atoms with van der Waals surface area (Å²) in [6.07, 6.45) is 0. The van der Waals surface area contributed by atoms with E-state index in [1.165, 1.54) is 7.11 Å². The number of hydrogen-bond donors (Lipinski definition) is 2. The Balaban J connectivity index is 2.75. The Bertz CT molecular complexity index is 302. The lowest BCUT2D eigenvalue weighted by atomic mass is 10.0.